The van der Waals surface area contributed by atoms with E-state index in [1.165, 1.54) is 10.9 Å². The highest BCUT2D eigenvalue weighted by Crippen LogP contribution is 2.33. The van der Waals surface area contributed by atoms with Crippen molar-refractivity contribution in [2.75, 3.05) is 18.1 Å². The number of imidazole rings is 1. The average molecular weight is 355 g/mol. The van der Waals surface area contributed by atoms with Crippen LogP contribution >= 0.6 is 11.8 Å². The average Bonchev–Trinajstić information content (AvgIpc) is 3.10. The van der Waals surface area contributed by atoms with Crippen LogP contribution in [-0.2, 0) is 4.74 Å². The standard InChI is InChI=1S/C14H21N5O4S/c1-2-3-4-24-12-8-11(17-14(15)18-12)19(6-16-8)13-10(22)9(21)7(5-20)23-13/h6-7,9-10,13,20-22H,2-5H2,1H3,(H2,15,17,18). The van der Waals surface area contributed by atoms with Crippen LogP contribution in [0.4, 0.5) is 5.95 Å². The molecule has 9 nitrogen and oxygen atoms in total. The molecule has 10 heteroatoms. The van der Waals surface area contributed by atoms with Crippen LogP contribution in [0.5, 0.6) is 0 Å². The Kier molecular flexibility index (Phi) is 5.21. The smallest absolute Gasteiger partial charge is 0.223 e. The fourth-order valence-electron chi connectivity index (χ4n) is 2.62. The lowest BCUT2D eigenvalue weighted by atomic mass is 10.1. The maximum Gasteiger partial charge on any atom is 0.223 e. The van der Waals surface area contributed by atoms with E-state index in [1.807, 2.05) is 0 Å². The van der Waals surface area contributed by atoms with Gasteiger partial charge in [-0.3, -0.25) is 4.57 Å². The molecule has 132 valence electrons. The zero-order valence-corrected chi connectivity index (χ0v) is 14.1. The molecule has 0 aliphatic carbocycles. The number of fused-ring (bicyclic) bond motifs is 1. The summed E-state index contributed by atoms with van der Waals surface area (Å²) in [5, 5.41) is 30.0. The molecule has 0 amide bonds. The van der Waals surface area contributed by atoms with E-state index >= 15 is 0 Å². The summed E-state index contributed by atoms with van der Waals surface area (Å²) in [6.45, 7) is 1.72. The second-order valence-electron chi connectivity index (χ2n) is 5.64. The Morgan fingerprint density at radius 1 is 1.33 bits per heavy atom. The Hall–Kier alpha value is -1.46. The third-order valence-corrected chi connectivity index (χ3v) is 4.99. The van der Waals surface area contributed by atoms with Crippen molar-refractivity contribution in [3.8, 4) is 0 Å². The van der Waals surface area contributed by atoms with Gasteiger partial charge in [-0.1, -0.05) is 13.3 Å². The van der Waals surface area contributed by atoms with Gasteiger partial charge in [-0.25, -0.2) is 9.97 Å². The van der Waals surface area contributed by atoms with E-state index in [0.29, 0.717) is 16.2 Å². The van der Waals surface area contributed by atoms with E-state index in [1.54, 1.807) is 11.8 Å². The minimum atomic E-state index is -1.20. The lowest BCUT2D eigenvalue weighted by Crippen LogP contribution is -2.33. The molecule has 1 aliphatic rings. The molecular weight excluding hydrogens is 334 g/mol. The van der Waals surface area contributed by atoms with Crippen molar-refractivity contribution in [2.45, 2.75) is 49.3 Å². The molecule has 0 bridgehead atoms. The molecule has 4 unspecified atom stereocenters. The molecule has 24 heavy (non-hydrogen) atoms. The molecule has 1 fully saturated rings. The molecule has 0 saturated carbocycles. The summed E-state index contributed by atoms with van der Waals surface area (Å²) in [5.41, 5.74) is 6.80. The van der Waals surface area contributed by atoms with Gasteiger partial charge in [0.05, 0.1) is 12.9 Å². The van der Waals surface area contributed by atoms with Gasteiger partial charge < -0.3 is 25.8 Å². The zero-order chi connectivity index (χ0) is 17.3. The highest BCUT2D eigenvalue weighted by atomic mass is 32.2. The summed E-state index contributed by atoms with van der Waals surface area (Å²) in [6, 6.07) is 0. The maximum absolute atomic E-state index is 10.2. The fourth-order valence-corrected chi connectivity index (χ4v) is 3.68. The van der Waals surface area contributed by atoms with Crippen LogP contribution in [0.1, 0.15) is 26.0 Å². The number of anilines is 1. The Morgan fingerprint density at radius 3 is 2.79 bits per heavy atom. The highest BCUT2D eigenvalue weighted by molar-refractivity contribution is 7.99. The van der Waals surface area contributed by atoms with Crippen molar-refractivity contribution in [3.05, 3.63) is 6.33 Å². The van der Waals surface area contributed by atoms with Crippen LogP contribution in [-0.4, -0.2) is 65.5 Å². The summed E-state index contributed by atoms with van der Waals surface area (Å²) in [7, 11) is 0. The maximum atomic E-state index is 10.2. The number of unbranched alkanes of at least 4 members (excludes halogenated alkanes) is 1. The fraction of sp³-hybridized carbons (Fsp3) is 0.643. The molecule has 2 aromatic rings. The first-order chi connectivity index (χ1) is 11.6. The number of nitrogen functional groups attached to an aromatic ring is 1. The second kappa shape index (κ2) is 7.19. The molecule has 3 heterocycles. The van der Waals surface area contributed by atoms with Gasteiger partial charge in [0.2, 0.25) is 5.95 Å². The lowest BCUT2D eigenvalue weighted by molar-refractivity contribution is -0.0511. The number of hydrogen-bond acceptors (Lipinski definition) is 9. The van der Waals surface area contributed by atoms with Gasteiger partial charge in [0.15, 0.2) is 11.9 Å². The normalized spacial score (nSPS) is 27.2. The van der Waals surface area contributed by atoms with Crippen molar-refractivity contribution in [3.63, 3.8) is 0 Å². The number of ether oxygens (including phenoxy) is 1. The van der Waals surface area contributed by atoms with Crippen molar-refractivity contribution in [1.29, 1.82) is 0 Å². The summed E-state index contributed by atoms with van der Waals surface area (Å²) < 4.78 is 7.05. The summed E-state index contributed by atoms with van der Waals surface area (Å²) in [5.74, 6) is 0.998. The topological polar surface area (TPSA) is 140 Å². The Balaban J connectivity index is 1.95. The third-order valence-electron chi connectivity index (χ3n) is 3.93. The van der Waals surface area contributed by atoms with E-state index < -0.39 is 31.1 Å². The molecular formula is C14H21N5O4S. The molecule has 0 radical (unpaired) electrons. The molecule has 3 rings (SSSR count). The van der Waals surface area contributed by atoms with Crippen molar-refractivity contribution < 1.29 is 20.1 Å². The van der Waals surface area contributed by atoms with E-state index in [0.717, 1.165) is 18.6 Å². The Morgan fingerprint density at radius 2 is 2.12 bits per heavy atom. The number of rotatable bonds is 6. The first kappa shape index (κ1) is 17.4. The number of thioether (sulfide) groups is 1. The van der Waals surface area contributed by atoms with Gasteiger partial charge in [0.1, 0.15) is 28.9 Å². The highest BCUT2D eigenvalue weighted by Gasteiger charge is 2.44. The molecule has 0 aromatic carbocycles. The minimum Gasteiger partial charge on any atom is -0.394 e. The van der Waals surface area contributed by atoms with Gasteiger partial charge in [-0.05, 0) is 12.2 Å². The number of hydrogen-bond donors (Lipinski definition) is 4. The molecule has 1 aliphatic heterocycles. The minimum absolute atomic E-state index is 0.106. The third kappa shape index (κ3) is 3.07. The van der Waals surface area contributed by atoms with Crippen LogP contribution in [0.2, 0.25) is 0 Å². The number of aliphatic hydroxyl groups is 3. The summed E-state index contributed by atoms with van der Waals surface area (Å²) in [4.78, 5) is 12.8. The van der Waals surface area contributed by atoms with Gasteiger partial charge in [-0.2, -0.15) is 4.98 Å². The number of nitrogens with zero attached hydrogens (tertiary/aromatic N) is 4. The van der Waals surface area contributed by atoms with E-state index in [9.17, 15) is 15.3 Å². The van der Waals surface area contributed by atoms with Gasteiger partial charge in [0, 0.05) is 0 Å². The van der Waals surface area contributed by atoms with Gasteiger partial charge in [-0.15, -0.1) is 11.8 Å². The number of aromatic nitrogens is 4. The van der Waals surface area contributed by atoms with E-state index in [4.69, 9.17) is 10.5 Å². The SMILES string of the molecule is CCCCSc1nc(N)nc2c1ncn2C1OC(CO)C(O)C1O. The molecule has 5 N–H and O–H groups in total. The van der Waals surface area contributed by atoms with E-state index in [-0.39, 0.29) is 5.95 Å². The van der Waals surface area contributed by atoms with Crippen LogP contribution in [0.15, 0.2) is 11.4 Å². The van der Waals surface area contributed by atoms with Crippen molar-refractivity contribution in [1.82, 2.24) is 19.5 Å². The van der Waals surface area contributed by atoms with Crippen LogP contribution in [0.3, 0.4) is 0 Å². The van der Waals surface area contributed by atoms with Crippen molar-refractivity contribution >= 4 is 28.9 Å². The quantitative estimate of drug-likeness (QED) is 0.318. The lowest BCUT2D eigenvalue weighted by Gasteiger charge is -2.16. The van der Waals surface area contributed by atoms with Gasteiger partial charge >= 0.3 is 0 Å². The van der Waals surface area contributed by atoms with Gasteiger partial charge in [0.25, 0.3) is 0 Å². The predicted molar refractivity (Wildman–Crippen MR) is 88.4 cm³/mol. The molecule has 1 saturated heterocycles. The zero-order valence-electron chi connectivity index (χ0n) is 13.2. The Bertz CT molecular complexity index is 712. The molecule has 2 aromatic heterocycles. The first-order valence-electron chi connectivity index (χ1n) is 7.82. The van der Waals surface area contributed by atoms with Crippen LogP contribution in [0, 0.1) is 0 Å². The second-order valence-corrected chi connectivity index (χ2v) is 6.73. The summed E-state index contributed by atoms with van der Waals surface area (Å²) >= 11 is 1.55. The van der Waals surface area contributed by atoms with Crippen molar-refractivity contribution in [2.24, 2.45) is 0 Å². The molecule has 0 spiro atoms. The molecule has 4 atom stereocenters. The number of aliphatic hydroxyl groups excluding tert-OH is 3. The van der Waals surface area contributed by atoms with Crippen LogP contribution < -0.4 is 5.73 Å². The number of nitrogens with two attached hydrogens (primary N) is 1. The largest absolute Gasteiger partial charge is 0.394 e. The first-order valence-corrected chi connectivity index (χ1v) is 8.80. The predicted octanol–water partition coefficient (Wildman–Crippen LogP) is -0.0878. The van der Waals surface area contributed by atoms with E-state index in [2.05, 4.69) is 21.9 Å². The van der Waals surface area contributed by atoms with Crippen LogP contribution in [0.25, 0.3) is 11.2 Å². The monoisotopic (exact) mass is 355 g/mol. The Labute approximate surface area is 142 Å². The summed E-state index contributed by atoms with van der Waals surface area (Å²) in [6.07, 6.45) is -0.547.